The van der Waals surface area contributed by atoms with Crippen LogP contribution in [0.15, 0.2) is 24.3 Å². The third-order valence-corrected chi connectivity index (χ3v) is 4.30. The molecular weight excluding hydrogens is 252 g/mol. The van der Waals surface area contributed by atoms with Crippen LogP contribution in [0, 0.1) is 0 Å². The monoisotopic (exact) mass is 272 g/mol. The number of benzene rings is 1. The number of amides is 2. The summed E-state index contributed by atoms with van der Waals surface area (Å²) in [5.41, 5.74) is 1.85. The number of fused-ring (bicyclic) bond motifs is 1. The highest BCUT2D eigenvalue weighted by atomic mass is 16.2. The largest absolute Gasteiger partial charge is 0.342 e. The number of carbonyl (C=O) groups excluding carboxylic acids is 2. The van der Waals surface area contributed by atoms with E-state index in [9.17, 15) is 9.59 Å². The lowest BCUT2D eigenvalue weighted by molar-refractivity contribution is -0.139. The molecule has 0 bridgehead atoms. The molecule has 0 spiro atoms. The van der Waals surface area contributed by atoms with Crippen LogP contribution in [0.5, 0.6) is 0 Å². The van der Waals surface area contributed by atoms with Crippen molar-refractivity contribution in [2.45, 2.75) is 44.7 Å². The second-order valence-electron chi connectivity index (χ2n) is 6.25. The lowest BCUT2D eigenvalue weighted by atomic mass is 10.0. The molecule has 1 fully saturated rings. The van der Waals surface area contributed by atoms with Crippen LogP contribution in [0.25, 0.3) is 0 Å². The van der Waals surface area contributed by atoms with Gasteiger partial charge in [0.05, 0.1) is 0 Å². The van der Waals surface area contributed by atoms with Crippen LogP contribution >= 0.6 is 0 Å². The molecule has 2 aliphatic rings. The predicted octanol–water partition coefficient (Wildman–Crippen LogP) is 1.28. The Balaban J connectivity index is 1.84. The average molecular weight is 272 g/mol. The molecule has 1 heterocycles. The Hall–Kier alpha value is -1.84. The molecule has 2 amide bonds. The summed E-state index contributed by atoms with van der Waals surface area (Å²) in [6, 6.07) is 8.53. The Morgan fingerprint density at radius 3 is 2.35 bits per heavy atom. The van der Waals surface area contributed by atoms with Gasteiger partial charge in [0.15, 0.2) is 0 Å². The summed E-state index contributed by atoms with van der Waals surface area (Å²) < 4.78 is 0. The maximum absolute atomic E-state index is 12.7. The minimum atomic E-state index is -0.803. The van der Waals surface area contributed by atoms with E-state index in [-0.39, 0.29) is 17.9 Å². The van der Waals surface area contributed by atoms with Crippen molar-refractivity contribution < 1.29 is 9.59 Å². The summed E-state index contributed by atoms with van der Waals surface area (Å²) in [5.74, 6) is -0.0116. The molecule has 20 heavy (non-hydrogen) atoms. The van der Waals surface area contributed by atoms with E-state index < -0.39 is 5.54 Å². The van der Waals surface area contributed by atoms with Gasteiger partial charge in [-0.25, -0.2) is 0 Å². The molecule has 3 rings (SSSR count). The number of carbonyl (C=O) groups is 2. The summed E-state index contributed by atoms with van der Waals surface area (Å²) in [7, 11) is 0. The van der Waals surface area contributed by atoms with Gasteiger partial charge in [-0.1, -0.05) is 24.3 Å². The second kappa shape index (κ2) is 4.62. The van der Waals surface area contributed by atoms with Crippen LogP contribution in [-0.4, -0.2) is 34.8 Å². The van der Waals surface area contributed by atoms with Gasteiger partial charge in [0.1, 0.15) is 5.54 Å². The van der Waals surface area contributed by atoms with E-state index >= 15 is 0 Å². The number of hydrogen-bond donors (Lipinski definition) is 1. The van der Waals surface area contributed by atoms with E-state index in [4.69, 9.17) is 0 Å². The first kappa shape index (κ1) is 13.2. The van der Waals surface area contributed by atoms with Gasteiger partial charge in [0.25, 0.3) is 0 Å². The Labute approximate surface area is 119 Å². The molecule has 1 aromatic carbocycles. The molecule has 1 aliphatic heterocycles. The zero-order chi connectivity index (χ0) is 14.3. The van der Waals surface area contributed by atoms with Crippen molar-refractivity contribution in [3.63, 3.8) is 0 Å². The number of nitrogens with one attached hydrogen (secondary N) is 1. The third-order valence-electron chi connectivity index (χ3n) is 4.30. The summed E-state index contributed by atoms with van der Waals surface area (Å²) in [6.45, 7) is 4.09. The second-order valence-corrected chi connectivity index (χ2v) is 6.25. The van der Waals surface area contributed by atoms with Crippen molar-refractivity contribution in [3.8, 4) is 0 Å². The Bertz CT molecular complexity index is 540. The fraction of sp³-hybridized carbons (Fsp3) is 0.500. The van der Waals surface area contributed by atoms with Crippen LogP contribution in [0.4, 0.5) is 0 Å². The summed E-state index contributed by atoms with van der Waals surface area (Å²) >= 11 is 0. The van der Waals surface area contributed by atoms with Gasteiger partial charge in [-0.05, 0) is 37.8 Å². The van der Waals surface area contributed by atoms with Crippen molar-refractivity contribution in [2.24, 2.45) is 0 Å². The van der Waals surface area contributed by atoms with E-state index in [2.05, 4.69) is 17.4 Å². The molecule has 4 heteroatoms. The number of rotatable bonds is 1. The van der Waals surface area contributed by atoms with E-state index in [1.54, 1.807) is 13.8 Å². The molecule has 0 aromatic heterocycles. The molecule has 106 valence electrons. The van der Waals surface area contributed by atoms with Gasteiger partial charge < -0.3 is 10.2 Å². The van der Waals surface area contributed by atoms with Gasteiger partial charge in [0.2, 0.25) is 11.8 Å². The van der Waals surface area contributed by atoms with E-state index in [0.29, 0.717) is 13.0 Å². The third kappa shape index (κ3) is 2.19. The van der Waals surface area contributed by atoms with Crippen molar-refractivity contribution >= 4 is 11.8 Å². The molecular formula is C16H20N2O2. The molecule has 0 radical (unpaired) electrons. The van der Waals surface area contributed by atoms with Crippen LogP contribution in [0.2, 0.25) is 0 Å². The molecule has 1 aliphatic carbocycles. The van der Waals surface area contributed by atoms with Crippen LogP contribution in [0.3, 0.4) is 0 Å². The van der Waals surface area contributed by atoms with Gasteiger partial charge in [-0.3, -0.25) is 9.59 Å². The smallest absolute Gasteiger partial charge is 0.248 e. The lowest BCUT2D eigenvalue weighted by Crippen LogP contribution is -2.55. The molecule has 0 unspecified atom stereocenters. The standard InChI is InChI=1S/C16H20N2O2/c1-16(2)15(20)18(8-7-14(19)17-16)13-9-11-5-3-4-6-12(11)10-13/h3-6,13H,7-10H2,1-2H3,(H,17,19). The first-order valence-corrected chi connectivity index (χ1v) is 7.16. The van der Waals surface area contributed by atoms with Crippen molar-refractivity contribution in [1.29, 1.82) is 0 Å². The molecule has 0 atom stereocenters. The van der Waals surface area contributed by atoms with Crippen molar-refractivity contribution in [2.75, 3.05) is 6.54 Å². The maximum Gasteiger partial charge on any atom is 0.248 e. The molecule has 1 saturated heterocycles. The van der Waals surface area contributed by atoms with Crippen molar-refractivity contribution in [1.82, 2.24) is 10.2 Å². The fourth-order valence-electron chi connectivity index (χ4n) is 3.25. The fourth-order valence-corrected chi connectivity index (χ4v) is 3.25. The highest BCUT2D eigenvalue weighted by Crippen LogP contribution is 2.28. The van der Waals surface area contributed by atoms with E-state index in [0.717, 1.165) is 12.8 Å². The highest BCUT2D eigenvalue weighted by Gasteiger charge is 2.40. The molecule has 1 aromatic rings. The topological polar surface area (TPSA) is 49.4 Å². The first-order chi connectivity index (χ1) is 9.47. The minimum Gasteiger partial charge on any atom is -0.342 e. The zero-order valence-electron chi connectivity index (χ0n) is 12.0. The predicted molar refractivity (Wildman–Crippen MR) is 76.2 cm³/mol. The molecule has 1 N–H and O–H groups in total. The zero-order valence-corrected chi connectivity index (χ0v) is 12.0. The summed E-state index contributed by atoms with van der Waals surface area (Å²) in [5, 5.41) is 2.81. The van der Waals surface area contributed by atoms with E-state index in [1.807, 2.05) is 17.0 Å². The van der Waals surface area contributed by atoms with Gasteiger partial charge in [0, 0.05) is 19.0 Å². The minimum absolute atomic E-state index is 0.0288. The highest BCUT2D eigenvalue weighted by molar-refractivity contribution is 5.93. The Kier molecular flexibility index (Phi) is 3.04. The summed E-state index contributed by atoms with van der Waals surface area (Å²) in [4.78, 5) is 26.3. The quantitative estimate of drug-likeness (QED) is 0.837. The maximum atomic E-state index is 12.7. The van der Waals surface area contributed by atoms with Crippen LogP contribution in [0.1, 0.15) is 31.4 Å². The molecule has 0 saturated carbocycles. The first-order valence-electron chi connectivity index (χ1n) is 7.16. The number of nitrogens with zero attached hydrogens (tertiary/aromatic N) is 1. The SMILES string of the molecule is CC1(C)NC(=O)CCN(C2Cc3ccccc3C2)C1=O. The van der Waals surface area contributed by atoms with Crippen LogP contribution in [-0.2, 0) is 22.4 Å². The Morgan fingerprint density at radius 1 is 1.15 bits per heavy atom. The van der Waals surface area contributed by atoms with Crippen LogP contribution < -0.4 is 5.32 Å². The van der Waals surface area contributed by atoms with E-state index in [1.165, 1.54) is 11.1 Å². The number of hydrogen-bond acceptors (Lipinski definition) is 2. The van der Waals surface area contributed by atoms with Gasteiger partial charge in [-0.15, -0.1) is 0 Å². The lowest BCUT2D eigenvalue weighted by Gasteiger charge is -2.33. The van der Waals surface area contributed by atoms with Gasteiger partial charge in [-0.2, -0.15) is 0 Å². The average Bonchev–Trinajstić information content (AvgIpc) is 2.77. The van der Waals surface area contributed by atoms with Crippen molar-refractivity contribution in [3.05, 3.63) is 35.4 Å². The summed E-state index contributed by atoms with van der Waals surface area (Å²) in [6.07, 6.45) is 2.18. The molecule has 4 nitrogen and oxygen atoms in total. The van der Waals surface area contributed by atoms with Gasteiger partial charge >= 0.3 is 0 Å². The normalized spacial score (nSPS) is 22.4. The Morgan fingerprint density at radius 2 is 1.75 bits per heavy atom.